The lowest BCUT2D eigenvalue weighted by molar-refractivity contribution is 0.210. The lowest BCUT2D eigenvalue weighted by Gasteiger charge is -2.09. The fourth-order valence-corrected chi connectivity index (χ4v) is 1.78. The first kappa shape index (κ1) is 15.0. The molecule has 0 saturated heterocycles. The Labute approximate surface area is 122 Å². The predicted molar refractivity (Wildman–Crippen MR) is 77.8 cm³/mol. The van der Waals surface area contributed by atoms with Gasteiger partial charge in [0.25, 0.3) is 0 Å². The van der Waals surface area contributed by atoms with Crippen LogP contribution < -0.4 is 4.74 Å². The van der Waals surface area contributed by atoms with Crippen molar-refractivity contribution in [2.75, 3.05) is 13.7 Å². The van der Waals surface area contributed by atoms with Gasteiger partial charge in [-0.25, -0.2) is 4.39 Å². The standard InChI is InChI=1S/C16H16FNO3/c1-20-18-16(13-3-2-4-14(17)9-13)11-21-15-7-5-12(10-19)6-8-15/h2-9,19H,10-11H2,1H3. The van der Waals surface area contributed by atoms with Crippen molar-refractivity contribution in [3.63, 3.8) is 0 Å². The molecule has 4 nitrogen and oxygen atoms in total. The highest BCUT2D eigenvalue weighted by Crippen LogP contribution is 2.13. The number of halogens is 1. The lowest BCUT2D eigenvalue weighted by atomic mass is 10.1. The quantitative estimate of drug-likeness (QED) is 0.657. The molecule has 2 rings (SSSR count). The number of benzene rings is 2. The molecule has 0 amide bonds. The second-order valence-electron chi connectivity index (χ2n) is 4.32. The zero-order valence-corrected chi connectivity index (χ0v) is 11.6. The highest BCUT2D eigenvalue weighted by molar-refractivity contribution is 6.01. The number of rotatable bonds is 6. The van der Waals surface area contributed by atoms with Crippen LogP contribution in [-0.4, -0.2) is 24.5 Å². The second kappa shape index (κ2) is 7.40. The summed E-state index contributed by atoms with van der Waals surface area (Å²) in [5.41, 5.74) is 1.89. The van der Waals surface area contributed by atoms with Gasteiger partial charge in [0, 0.05) is 5.56 Å². The summed E-state index contributed by atoms with van der Waals surface area (Å²) in [6, 6.07) is 13.1. The average molecular weight is 289 g/mol. The highest BCUT2D eigenvalue weighted by atomic mass is 19.1. The third kappa shape index (κ3) is 4.29. The van der Waals surface area contributed by atoms with E-state index in [0.717, 1.165) is 5.56 Å². The smallest absolute Gasteiger partial charge is 0.134 e. The molecule has 1 N–H and O–H groups in total. The number of hydrogen-bond acceptors (Lipinski definition) is 4. The molecule has 0 aromatic heterocycles. The fraction of sp³-hybridized carbons (Fsp3) is 0.188. The third-order valence-corrected chi connectivity index (χ3v) is 2.84. The molecule has 21 heavy (non-hydrogen) atoms. The Morgan fingerprint density at radius 3 is 2.57 bits per heavy atom. The van der Waals surface area contributed by atoms with E-state index in [2.05, 4.69) is 5.16 Å². The number of ether oxygens (including phenoxy) is 1. The van der Waals surface area contributed by atoms with Gasteiger partial charge in [-0.1, -0.05) is 29.4 Å². The van der Waals surface area contributed by atoms with E-state index in [0.29, 0.717) is 17.0 Å². The van der Waals surface area contributed by atoms with Gasteiger partial charge in [0.1, 0.15) is 31.0 Å². The van der Waals surface area contributed by atoms with E-state index < -0.39 is 0 Å². The van der Waals surface area contributed by atoms with Crippen LogP contribution in [0.25, 0.3) is 0 Å². The SMILES string of the molecule is CON=C(COc1ccc(CO)cc1)c1cccc(F)c1. The molecule has 0 radical (unpaired) electrons. The molecule has 0 spiro atoms. The molecule has 110 valence electrons. The lowest BCUT2D eigenvalue weighted by Crippen LogP contribution is -2.13. The summed E-state index contributed by atoms with van der Waals surface area (Å²) in [4.78, 5) is 4.78. The minimum Gasteiger partial charge on any atom is -0.487 e. The summed E-state index contributed by atoms with van der Waals surface area (Å²) < 4.78 is 18.9. The number of oxime groups is 1. The molecule has 0 heterocycles. The third-order valence-electron chi connectivity index (χ3n) is 2.84. The molecule has 0 aliphatic rings. The summed E-state index contributed by atoms with van der Waals surface area (Å²) in [7, 11) is 1.43. The van der Waals surface area contributed by atoms with Gasteiger partial charge in [0.05, 0.1) is 6.61 Å². The van der Waals surface area contributed by atoms with Gasteiger partial charge in [-0.15, -0.1) is 0 Å². The number of aliphatic hydroxyl groups is 1. The molecule has 0 saturated carbocycles. The first-order chi connectivity index (χ1) is 10.2. The molecule has 5 heteroatoms. The van der Waals surface area contributed by atoms with E-state index in [1.807, 2.05) is 0 Å². The molecular formula is C16H16FNO3. The van der Waals surface area contributed by atoms with Crippen LogP contribution in [0, 0.1) is 5.82 Å². The Hall–Kier alpha value is -2.40. The van der Waals surface area contributed by atoms with Crippen LogP contribution in [0.15, 0.2) is 53.7 Å². The minimum atomic E-state index is -0.344. The van der Waals surface area contributed by atoms with E-state index in [9.17, 15) is 4.39 Å². The Morgan fingerprint density at radius 1 is 1.19 bits per heavy atom. The van der Waals surface area contributed by atoms with Gasteiger partial charge >= 0.3 is 0 Å². The molecule has 2 aromatic rings. The maximum Gasteiger partial charge on any atom is 0.134 e. The van der Waals surface area contributed by atoms with E-state index >= 15 is 0 Å². The normalized spacial score (nSPS) is 11.3. The Balaban J connectivity index is 2.08. The van der Waals surface area contributed by atoms with Crippen molar-refractivity contribution in [3.05, 3.63) is 65.5 Å². The van der Waals surface area contributed by atoms with Gasteiger partial charge in [0.15, 0.2) is 0 Å². The summed E-state index contributed by atoms with van der Waals surface area (Å²) in [5.74, 6) is 0.288. The number of aliphatic hydroxyl groups excluding tert-OH is 1. The van der Waals surface area contributed by atoms with Crippen LogP contribution in [0.5, 0.6) is 5.75 Å². The van der Waals surface area contributed by atoms with Gasteiger partial charge in [0.2, 0.25) is 0 Å². The molecular weight excluding hydrogens is 273 g/mol. The van der Waals surface area contributed by atoms with Gasteiger partial charge in [-0.05, 0) is 29.8 Å². The minimum absolute atomic E-state index is 0.0139. The van der Waals surface area contributed by atoms with Crippen molar-refractivity contribution < 1.29 is 19.1 Å². The van der Waals surface area contributed by atoms with Crippen LogP contribution in [-0.2, 0) is 11.4 Å². The number of nitrogens with zero attached hydrogens (tertiary/aromatic N) is 1. The molecule has 0 aliphatic carbocycles. The van der Waals surface area contributed by atoms with Crippen LogP contribution in [0.2, 0.25) is 0 Å². The molecule has 2 aromatic carbocycles. The molecule has 0 bridgehead atoms. The van der Waals surface area contributed by atoms with Crippen molar-refractivity contribution in [1.82, 2.24) is 0 Å². The van der Waals surface area contributed by atoms with E-state index in [1.165, 1.54) is 19.2 Å². The van der Waals surface area contributed by atoms with Crippen LogP contribution in [0.3, 0.4) is 0 Å². The predicted octanol–water partition coefficient (Wildman–Crippen LogP) is 2.75. The van der Waals surface area contributed by atoms with Crippen LogP contribution in [0.4, 0.5) is 4.39 Å². The van der Waals surface area contributed by atoms with E-state index in [-0.39, 0.29) is 19.0 Å². The van der Waals surface area contributed by atoms with Crippen molar-refractivity contribution in [2.24, 2.45) is 5.16 Å². The largest absolute Gasteiger partial charge is 0.487 e. The second-order valence-corrected chi connectivity index (χ2v) is 4.32. The van der Waals surface area contributed by atoms with E-state index in [4.69, 9.17) is 14.7 Å². The first-order valence-corrected chi connectivity index (χ1v) is 6.41. The van der Waals surface area contributed by atoms with E-state index in [1.54, 1.807) is 36.4 Å². The molecule has 0 atom stereocenters. The summed E-state index contributed by atoms with van der Waals surface area (Å²) in [6.45, 7) is 0.135. The zero-order chi connectivity index (χ0) is 15.1. The van der Waals surface area contributed by atoms with Crippen molar-refractivity contribution in [2.45, 2.75) is 6.61 Å². The molecule has 0 unspecified atom stereocenters. The molecule has 0 aliphatic heterocycles. The average Bonchev–Trinajstić information content (AvgIpc) is 2.52. The summed E-state index contributed by atoms with van der Waals surface area (Å²) >= 11 is 0. The van der Waals surface area contributed by atoms with Crippen molar-refractivity contribution in [3.8, 4) is 5.75 Å². The van der Waals surface area contributed by atoms with Crippen LogP contribution >= 0.6 is 0 Å². The van der Waals surface area contributed by atoms with Crippen molar-refractivity contribution in [1.29, 1.82) is 0 Å². The topological polar surface area (TPSA) is 51.0 Å². The zero-order valence-electron chi connectivity index (χ0n) is 11.6. The maximum absolute atomic E-state index is 13.3. The fourth-order valence-electron chi connectivity index (χ4n) is 1.78. The van der Waals surface area contributed by atoms with Gasteiger partial charge in [-0.3, -0.25) is 0 Å². The monoisotopic (exact) mass is 289 g/mol. The number of hydrogen-bond donors (Lipinski definition) is 1. The Bertz CT molecular complexity index is 611. The van der Waals surface area contributed by atoms with Crippen LogP contribution in [0.1, 0.15) is 11.1 Å². The summed E-state index contributed by atoms with van der Waals surface area (Å²) in [5, 5.41) is 12.8. The highest BCUT2D eigenvalue weighted by Gasteiger charge is 2.07. The molecule has 0 fully saturated rings. The van der Waals surface area contributed by atoms with Gasteiger partial charge in [-0.2, -0.15) is 0 Å². The Morgan fingerprint density at radius 2 is 1.95 bits per heavy atom. The maximum atomic E-state index is 13.3. The Kier molecular flexibility index (Phi) is 5.29. The van der Waals surface area contributed by atoms with Gasteiger partial charge < -0.3 is 14.7 Å². The van der Waals surface area contributed by atoms with Crippen molar-refractivity contribution >= 4 is 5.71 Å². The first-order valence-electron chi connectivity index (χ1n) is 6.41. The summed E-state index contributed by atoms with van der Waals surface area (Å²) in [6.07, 6.45) is 0.